The first kappa shape index (κ1) is 10.2. The van der Waals surface area contributed by atoms with Crippen molar-refractivity contribution in [3.05, 3.63) is 0 Å². The van der Waals surface area contributed by atoms with Gasteiger partial charge in [0.1, 0.15) is 0 Å². The summed E-state index contributed by atoms with van der Waals surface area (Å²) in [4.78, 5) is 3.96. The summed E-state index contributed by atoms with van der Waals surface area (Å²) in [6.45, 7) is 0. The number of hydrazine groups is 1. The predicted molar refractivity (Wildman–Crippen MR) is 56.2 cm³/mol. The lowest BCUT2D eigenvalue weighted by molar-refractivity contribution is 0.522. The van der Waals surface area contributed by atoms with E-state index in [9.17, 15) is 0 Å². The molecule has 4 N–H and O–H groups in total. The first-order valence-electron chi connectivity index (χ1n) is 3.35. The molecule has 0 amide bonds. The van der Waals surface area contributed by atoms with E-state index in [2.05, 4.69) is 10.1 Å². The molecule has 72 valence electrons. The van der Waals surface area contributed by atoms with Gasteiger partial charge in [0.05, 0.1) is 0 Å². The van der Waals surface area contributed by atoms with Crippen molar-refractivity contribution in [2.75, 3.05) is 19.0 Å². The number of thiocarbonyl (C=S) groups is 1. The zero-order valence-electron chi connectivity index (χ0n) is 7.26. The topological polar surface area (TPSA) is 86.0 Å². The molecule has 0 fully saturated rings. The number of rotatable bonds is 1. The summed E-state index contributed by atoms with van der Waals surface area (Å²) < 4.78 is 1.32. The van der Waals surface area contributed by atoms with Crippen molar-refractivity contribution in [1.29, 1.82) is 0 Å². The highest BCUT2D eigenvalue weighted by Gasteiger charge is 2.11. The summed E-state index contributed by atoms with van der Waals surface area (Å²) in [7, 11) is 1.61. The molecule has 0 saturated carbocycles. The van der Waals surface area contributed by atoms with Crippen LogP contribution in [-0.4, -0.2) is 38.2 Å². The molecule has 0 radical (unpaired) electrons. The van der Waals surface area contributed by atoms with Gasteiger partial charge in [-0.1, -0.05) is 11.8 Å². The Morgan fingerprint density at radius 3 is 2.69 bits per heavy atom. The monoisotopic (exact) mass is 218 g/mol. The lowest BCUT2D eigenvalue weighted by atomic mass is 10.9. The first-order chi connectivity index (χ1) is 6.06. The zero-order chi connectivity index (χ0) is 10.0. The molecule has 0 bridgehead atoms. The third-order valence-electron chi connectivity index (χ3n) is 1.28. The number of thioether (sulfide) groups is 1. The van der Waals surface area contributed by atoms with Crippen LogP contribution in [-0.2, 0) is 0 Å². The van der Waals surface area contributed by atoms with Crippen molar-refractivity contribution >= 4 is 35.0 Å². The molecule has 0 atom stereocenters. The first-order valence-corrected chi connectivity index (χ1v) is 4.99. The molecule has 0 aliphatic heterocycles. The Kier molecular flexibility index (Phi) is 3.07. The van der Waals surface area contributed by atoms with E-state index in [0.29, 0.717) is 10.3 Å². The quantitative estimate of drug-likeness (QED) is 0.285. The second-order valence-electron chi connectivity index (χ2n) is 2.26. The smallest absolute Gasteiger partial charge is 0.226 e. The Morgan fingerprint density at radius 2 is 2.31 bits per heavy atom. The van der Waals surface area contributed by atoms with Gasteiger partial charge in [-0.2, -0.15) is 9.67 Å². The van der Waals surface area contributed by atoms with Crippen molar-refractivity contribution in [3.8, 4) is 0 Å². The van der Waals surface area contributed by atoms with E-state index in [0.717, 1.165) is 0 Å². The van der Waals surface area contributed by atoms with Gasteiger partial charge in [0.25, 0.3) is 0 Å². The van der Waals surface area contributed by atoms with Crippen LogP contribution in [0.25, 0.3) is 0 Å². The average molecular weight is 218 g/mol. The average Bonchev–Trinajstić information content (AvgIpc) is 2.45. The third kappa shape index (κ3) is 2.08. The minimum absolute atomic E-state index is 0.242. The van der Waals surface area contributed by atoms with E-state index >= 15 is 0 Å². The molecule has 1 aromatic rings. The summed E-state index contributed by atoms with van der Waals surface area (Å²) in [6.07, 6.45) is 1.86. The van der Waals surface area contributed by atoms with Crippen LogP contribution >= 0.6 is 24.0 Å². The van der Waals surface area contributed by atoms with Crippen LogP contribution < -0.4 is 11.6 Å². The predicted octanol–water partition coefficient (Wildman–Crippen LogP) is -0.479. The van der Waals surface area contributed by atoms with Gasteiger partial charge in [-0.05, 0) is 18.5 Å². The standard InChI is InChI=1S/C5H10N6S2/c1-10(7)5(12)11-3(6)8-4(9-11)13-2/h7H2,1-2H3,(H2,6,8,9). The minimum Gasteiger partial charge on any atom is -0.368 e. The number of aromatic nitrogens is 3. The molecule has 0 spiro atoms. The SMILES string of the molecule is CSc1nc(N)n(C(=S)N(C)N)n1. The maximum Gasteiger partial charge on any atom is 0.226 e. The fourth-order valence-electron chi connectivity index (χ4n) is 0.681. The lowest BCUT2D eigenvalue weighted by Crippen LogP contribution is -2.37. The van der Waals surface area contributed by atoms with Gasteiger partial charge in [-0.15, -0.1) is 5.10 Å². The largest absolute Gasteiger partial charge is 0.368 e. The van der Waals surface area contributed by atoms with Gasteiger partial charge < -0.3 is 5.73 Å². The Balaban J connectivity index is 3.00. The van der Waals surface area contributed by atoms with Crippen LogP contribution in [0.15, 0.2) is 5.16 Å². The molecular formula is C5H10N6S2. The molecule has 1 heterocycles. The molecular weight excluding hydrogens is 208 g/mol. The Labute approximate surface area is 85.2 Å². The zero-order valence-corrected chi connectivity index (χ0v) is 8.89. The van der Waals surface area contributed by atoms with Crippen LogP contribution in [0.4, 0.5) is 5.95 Å². The highest BCUT2D eigenvalue weighted by molar-refractivity contribution is 7.98. The van der Waals surface area contributed by atoms with E-state index in [1.165, 1.54) is 21.5 Å². The van der Waals surface area contributed by atoms with Crippen molar-refractivity contribution in [3.63, 3.8) is 0 Å². The van der Waals surface area contributed by atoms with E-state index in [1.54, 1.807) is 7.05 Å². The fraction of sp³-hybridized carbons (Fsp3) is 0.400. The fourth-order valence-corrected chi connectivity index (χ4v) is 1.16. The van der Waals surface area contributed by atoms with Gasteiger partial charge in [0.15, 0.2) is 0 Å². The third-order valence-corrected chi connectivity index (χ3v) is 2.28. The van der Waals surface area contributed by atoms with Crippen LogP contribution in [0, 0.1) is 0 Å². The van der Waals surface area contributed by atoms with Gasteiger partial charge >= 0.3 is 0 Å². The summed E-state index contributed by atoms with van der Waals surface area (Å²) in [5, 5.41) is 6.17. The highest BCUT2D eigenvalue weighted by Crippen LogP contribution is 2.10. The summed E-state index contributed by atoms with van der Waals surface area (Å²) in [5.74, 6) is 5.67. The maximum absolute atomic E-state index is 5.56. The number of anilines is 1. The second kappa shape index (κ2) is 3.90. The lowest BCUT2D eigenvalue weighted by Gasteiger charge is -2.12. The van der Waals surface area contributed by atoms with Gasteiger partial charge in [-0.25, -0.2) is 5.84 Å². The molecule has 1 rings (SSSR count). The second-order valence-corrected chi connectivity index (χ2v) is 3.40. The van der Waals surface area contributed by atoms with Gasteiger partial charge in [0, 0.05) is 7.05 Å². The number of nitrogens with zero attached hydrogens (tertiary/aromatic N) is 4. The summed E-state index contributed by atoms with van der Waals surface area (Å²) in [5.41, 5.74) is 5.56. The maximum atomic E-state index is 5.56. The highest BCUT2D eigenvalue weighted by atomic mass is 32.2. The van der Waals surface area contributed by atoms with Gasteiger partial charge in [0.2, 0.25) is 16.2 Å². The van der Waals surface area contributed by atoms with Crippen molar-refractivity contribution in [1.82, 2.24) is 19.8 Å². The number of hydrogen-bond donors (Lipinski definition) is 2. The minimum atomic E-state index is 0.242. The van der Waals surface area contributed by atoms with E-state index in [-0.39, 0.29) is 5.95 Å². The van der Waals surface area contributed by atoms with Crippen molar-refractivity contribution in [2.24, 2.45) is 5.84 Å². The molecule has 8 heteroatoms. The number of nitrogen functional groups attached to an aromatic ring is 1. The Morgan fingerprint density at radius 1 is 1.69 bits per heavy atom. The molecule has 0 unspecified atom stereocenters. The van der Waals surface area contributed by atoms with Crippen molar-refractivity contribution in [2.45, 2.75) is 5.16 Å². The van der Waals surface area contributed by atoms with Crippen LogP contribution in [0.2, 0.25) is 0 Å². The molecule has 13 heavy (non-hydrogen) atoms. The molecule has 0 aromatic carbocycles. The van der Waals surface area contributed by atoms with Crippen LogP contribution in [0.3, 0.4) is 0 Å². The molecule has 0 aliphatic rings. The number of nitrogens with two attached hydrogens (primary N) is 2. The van der Waals surface area contributed by atoms with E-state index in [4.69, 9.17) is 23.8 Å². The molecule has 0 aliphatic carbocycles. The normalized spacial score (nSPS) is 10.1. The van der Waals surface area contributed by atoms with Gasteiger partial charge in [-0.3, -0.25) is 5.01 Å². The van der Waals surface area contributed by atoms with Crippen LogP contribution in [0.5, 0.6) is 0 Å². The molecule has 0 saturated heterocycles. The summed E-state index contributed by atoms with van der Waals surface area (Å²) in [6, 6.07) is 0. The Hall–Kier alpha value is -0.860. The summed E-state index contributed by atoms with van der Waals surface area (Å²) >= 11 is 6.36. The van der Waals surface area contributed by atoms with E-state index in [1.807, 2.05) is 6.26 Å². The Bertz CT molecular complexity index is 319. The number of hydrogen-bond acceptors (Lipinski definition) is 6. The van der Waals surface area contributed by atoms with Crippen molar-refractivity contribution < 1.29 is 0 Å². The molecule has 6 nitrogen and oxygen atoms in total. The van der Waals surface area contributed by atoms with E-state index < -0.39 is 0 Å². The molecule has 1 aromatic heterocycles. The van der Waals surface area contributed by atoms with Crippen LogP contribution in [0.1, 0.15) is 0 Å².